The fraction of sp³-hybridized carbons (Fsp3) is 0.706. The molecule has 2 fully saturated rings. The van der Waals surface area contributed by atoms with Crippen LogP contribution in [-0.4, -0.2) is 0 Å². The van der Waals surface area contributed by atoms with Crippen LogP contribution in [0.1, 0.15) is 134 Å². The molecule has 0 spiro atoms. The minimum absolute atomic E-state index is 0.755. The lowest BCUT2D eigenvalue weighted by Crippen LogP contribution is -2.17. The highest BCUT2D eigenvalue weighted by molar-refractivity contribution is 5.38. The van der Waals surface area contributed by atoms with Gasteiger partial charge in [0.2, 0.25) is 0 Å². The van der Waals surface area contributed by atoms with Crippen LogP contribution in [0.4, 0.5) is 0 Å². The molecule has 2 aliphatic carbocycles. The van der Waals surface area contributed by atoms with Crippen LogP contribution in [0.2, 0.25) is 0 Å². The summed E-state index contributed by atoms with van der Waals surface area (Å²) in [6.07, 6.45) is 30.1. The zero-order chi connectivity index (χ0) is 23.8. The molecule has 0 heterocycles. The second kappa shape index (κ2) is 16.2. The molecule has 0 saturated heterocycles. The molecule has 0 aromatic heterocycles. The fourth-order valence-corrected chi connectivity index (χ4v) is 6.28. The number of hydrogen-bond donors (Lipinski definition) is 0. The third-order valence-corrected chi connectivity index (χ3v) is 8.75. The van der Waals surface area contributed by atoms with E-state index in [0.717, 1.165) is 29.2 Å². The average molecular weight is 461 g/mol. The number of aryl methyl sites for hydroxylation is 1. The van der Waals surface area contributed by atoms with Crippen molar-refractivity contribution >= 4 is 0 Å². The molecule has 0 N–H and O–H groups in total. The maximum Gasteiger partial charge on any atom is 0.0249 e. The predicted octanol–water partition coefficient (Wildman–Crippen LogP) is 10.3. The molecular weight excluding hydrogens is 408 g/mol. The van der Waals surface area contributed by atoms with Crippen molar-refractivity contribution in [2.24, 2.45) is 23.7 Å². The first-order valence-corrected chi connectivity index (χ1v) is 15.0. The third kappa shape index (κ3) is 10.4. The van der Waals surface area contributed by atoms with E-state index in [0.29, 0.717) is 0 Å². The average Bonchev–Trinajstić information content (AvgIpc) is 2.88. The topological polar surface area (TPSA) is 0 Å². The smallest absolute Gasteiger partial charge is 0.0249 e. The maximum atomic E-state index is 3.32. The zero-order valence-electron chi connectivity index (χ0n) is 22.5. The Hall–Kier alpha value is -1.48. The summed E-state index contributed by atoms with van der Waals surface area (Å²) in [5.41, 5.74) is 2.59. The maximum absolute atomic E-state index is 3.32. The number of rotatable bonds is 12. The van der Waals surface area contributed by atoms with Crippen LogP contribution in [0.25, 0.3) is 0 Å². The second-order valence-corrected chi connectivity index (χ2v) is 11.5. The Morgan fingerprint density at radius 3 is 1.85 bits per heavy atom. The molecule has 2 aliphatic rings. The van der Waals surface area contributed by atoms with Gasteiger partial charge >= 0.3 is 0 Å². The van der Waals surface area contributed by atoms with Crippen molar-refractivity contribution in [2.45, 2.75) is 129 Å². The molecule has 0 unspecified atom stereocenters. The molecule has 0 heteroatoms. The van der Waals surface area contributed by atoms with Crippen molar-refractivity contribution in [3.05, 3.63) is 47.5 Å². The lowest BCUT2D eigenvalue weighted by atomic mass is 9.75. The van der Waals surface area contributed by atoms with E-state index in [-0.39, 0.29) is 0 Å². The first-order chi connectivity index (χ1) is 16.8. The number of allylic oxidation sites excluding steroid dienone is 2. The summed E-state index contributed by atoms with van der Waals surface area (Å²) < 4.78 is 0. The molecule has 0 bridgehead atoms. The summed E-state index contributed by atoms with van der Waals surface area (Å²) in [5.74, 6) is 10.5. The first-order valence-electron chi connectivity index (χ1n) is 15.0. The van der Waals surface area contributed by atoms with E-state index < -0.39 is 0 Å². The first kappa shape index (κ1) is 27.1. The summed E-state index contributed by atoms with van der Waals surface area (Å²) in [6, 6.07) is 8.88. The molecule has 1 aromatic carbocycles. The standard InChI is InChI=1S/C34H52/c1-3-5-7-11-29-15-17-31(18-16-29)13-9-10-14-32-21-25-34(26-22-32)28-27-33-23-19-30(20-24-33)12-8-6-4-2/h10,14-18,30,32-34H,3-8,11-12,19-28H2,1-2H3/t30-,32-,33-,34-. The molecule has 34 heavy (non-hydrogen) atoms. The summed E-state index contributed by atoms with van der Waals surface area (Å²) in [6.45, 7) is 4.59. The van der Waals surface area contributed by atoms with Gasteiger partial charge in [0.1, 0.15) is 0 Å². The van der Waals surface area contributed by atoms with E-state index in [2.05, 4.69) is 62.1 Å². The third-order valence-electron chi connectivity index (χ3n) is 8.75. The van der Waals surface area contributed by atoms with Crippen LogP contribution < -0.4 is 0 Å². The molecule has 3 rings (SSSR count). The Bertz CT molecular complexity index is 726. The summed E-state index contributed by atoms with van der Waals surface area (Å²) in [5, 5.41) is 0. The van der Waals surface area contributed by atoms with Gasteiger partial charge in [-0.15, -0.1) is 0 Å². The van der Waals surface area contributed by atoms with Gasteiger partial charge in [-0.1, -0.05) is 121 Å². The largest absolute Gasteiger partial charge is 0.0730 e. The van der Waals surface area contributed by atoms with E-state index in [1.807, 2.05) is 0 Å². The van der Waals surface area contributed by atoms with E-state index in [9.17, 15) is 0 Å². The van der Waals surface area contributed by atoms with Crippen LogP contribution in [0.5, 0.6) is 0 Å². The van der Waals surface area contributed by atoms with Crippen molar-refractivity contribution in [3.63, 3.8) is 0 Å². The molecule has 0 atom stereocenters. The molecule has 0 nitrogen and oxygen atoms in total. The Morgan fingerprint density at radius 1 is 0.676 bits per heavy atom. The quantitative estimate of drug-likeness (QED) is 0.215. The second-order valence-electron chi connectivity index (χ2n) is 11.5. The van der Waals surface area contributed by atoms with Crippen LogP contribution in [0.3, 0.4) is 0 Å². The minimum Gasteiger partial charge on any atom is -0.0730 e. The predicted molar refractivity (Wildman–Crippen MR) is 150 cm³/mol. The number of hydrogen-bond acceptors (Lipinski definition) is 0. The van der Waals surface area contributed by atoms with Gasteiger partial charge in [0, 0.05) is 5.56 Å². The number of unbranched alkanes of at least 4 members (excludes halogenated alkanes) is 4. The van der Waals surface area contributed by atoms with E-state index in [1.54, 1.807) is 0 Å². The molecule has 1 aromatic rings. The Balaban J connectivity index is 1.27. The SMILES string of the molecule is CCCCCc1ccc(C#CC=C[C@H]2CC[C@H](CC[C@H]3CC[C@H](CCCCC)CC3)CC2)cc1. The van der Waals surface area contributed by atoms with Gasteiger partial charge in [-0.3, -0.25) is 0 Å². The van der Waals surface area contributed by atoms with E-state index in [1.165, 1.54) is 121 Å². The zero-order valence-corrected chi connectivity index (χ0v) is 22.5. The molecule has 188 valence electrons. The van der Waals surface area contributed by atoms with Crippen molar-refractivity contribution in [1.29, 1.82) is 0 Å². The van der Waals surface area contributed by atoms with Gasteiger partial charge in [0.15, 0.2) is 0 Å². The Morgan fingerprint density at radius 2 is 1.24 bits per heavy atom. The molecule has 0 amide bonds. The molecule has 0 radical (unpaired) electrons. The minimum atomic E-state index is 0.755. The highest BCUT2D eigenvalue weighted by Gasteiger charge is 2.24. The number of benzene rings is 1. The van der Waals surface area contributed by atoms with Crippen LogP contribution >= 0.6 is 0 Å². The van der Waals surface area contributed by atoms with Crippen LogP contribution in [0, 0.1) is 35.5 Å². The van der Waals surface area contributed by atoms with Crippen molar-refractivity contribution in [3.8, 4) is 11.8 Å². The van der Waals surface area contributed by atoms with Crippen molar-refractivity contribution in [1.82, 2.24) is 0 Å². The molecular formula is C34H52. The Labute approximate surface area is 212 Å². The van der Waals surface area contributed by atoms with Gasteiger partial charge in [0.05, 0.1) is 0 Å². The summed E-state index contributed by atoms with van der Waals surface area (Å²) >= 11 is 0. The van der Waals surface area contributed by atoms with E-state index >= 15 is 0 Å². The lowest BCUT2D eigenvalue weighted by molar-refractivity contribution is 0.219. The van der Waals surface area contributed by atoms with E-state index in [4.69, 9.17) is 0 Å². The summed E-state index contributed by atoms with van der Waals surface area (Å²) in [7, 11) is 0. The molecule has 2 saturated carbocycles. The van der Waals surface area contributed by atoms with Gasteiger partial charge in [-0.2, -0.15) is 0 Å². The molecule has 0 aliphatic heterocycles. The van der Waals surface area contributed by atoms with Gasteiger partial charge < -0.3 is 0 Å². The highest BCUT2D eigenvalue weighted by Crippen LogP contribution is 2.38. The van der Waals surface area contributed by atoms with Gasteiger partial charge in [0.25, 0.3) is 0 Å². The normalized spacial score (nSPS) is 25.2. The van der Waals surface area contributed by atoms with Crippen molar-refractivity contribution in [2.75, 3.05) is 0 Å². The lowest BCUT2D eigenvalue weighted by Gasteiger charge is -2.31. The van der Waals surface area contributed by atoms with Gasteiger partial charge in [-0.05, 0) is 86.0 Å². The highest BCUT2D eigenvalue weighted by atomic mass is 14.3. The van der Waals surface area contributed by atoms with Gasteiger partial charge in [-0.25, -0.2) is 0 Å². The Kier molecular flexibility index (Phi) is 13.0. The fourth-order valence-electron chi connectivity index (χ4n) is 6.28. The summed E-state index contributed by atoms with van der Waals surface area (Å²) in [4.78, 5) is 0. The van der Waals surface area contributed by atoms with Crippen molar-refractivity contribution < 1.29 is 0 Å². The monoisotopic (exact) mass is 460 g/mol. The van der Waals surface area contributed by atoms with Crippen LogP contribution in [-0.2, 0) is 6.42 Å². The van der Waals surface area contributed by atoms with Crippen LogP contribution in [0.15, 0.2) is 36.4 Å².